The van der Waals surface area contributed by atoms with Crippen LogP contribution >= 0.6 is 15.9 Å². The minimum Gasteiger partial charge on any atom is -0.107 e. The molecule has 0 rings (SSSR count). The fourth-order valence-electron chi connectivity index (χ4n) is 0.741. The maximum absolute atomic E-state index is 3.45. The summed E-state index contributed by atoms with van der Waals surface area (Å²) in [5.74, 6) is 6.76. The monoisotopic (exact) mass is 202 g/mol. The molecule has 0 fully saturated rings. The Hall–Kier alpha value is 0.0400. The second kappa shape index (κ2) is 7.15. The molecule has 0 amide bonds. The van der Waals surface area contributed by atoms with Crippen molar-refractivity contribution in [2.24, 2.45) is 5.92 Å². The zero-order valence-corrected chi connectivity index (χ0v) is 8.37. The summed E-state index contributed by atoms with van der Waals surface area (Å²) in [6, 6.07) is 0. The van der Waals surface area contributed by atoms with Crippen LogP contribution in [0.25, 0.3) is 0 Å². The topological polar surface area (TPSA) is 0 Å². The summed E-state index contributed by atoms with van der Waals surface area (Å²) in [5, 5.41) is 1.12. The number of unbranched alkanes of at least 4 members (excludes halogenated alkanes) is 1. The SMILES string of the molecule is CC#CCCCC(C)CBr. The Kier molecular flexibility index (Phi) is 7.18. The van der Waals surface area contributed by atoms with Crippen LogP contribution in [0.4, 0.5) is 0 Å². The van der Waals surface area contributed by atoms with Crippen LogP contribution in [-0.4, -0.2) is 5.33 Å². The number of alkyl halides is 1. The zero-order valence-electron chi connectivity index (χ0n) is 6.78. The van der Waals surface area contributed by atoms with Gasteiger partial charge in [-0.25, -0.2) is 0 Å². The molecule has 0 radical (unpaired) electrons. The Labute approximate surface area is 72.5 Å². The minimum atomic E-state index is 0.804. The van der Waals surface area contributed by atoms with Crippen LogP contribution in [0.2, 0.25) is 0 Å². The number of hydrogen-bond donors (Lipinski definition) is 0. The molecule has 0 heterocycles. The van der Waals surface area contributed by atoms with E-state index in [1.54, 1.807) is 0 Å². The van der Waals surface area contributed by atoms with Gasteiger partial charge in [-0.05, 0) is 25.7 Å². The standard InChI is InChI=1S/C9H15Br/c1-3-4-5-6-7-9(2)8-10/h9H,5-8H2,1-2H3. The summed E-state index contributed by atoms with van der Waals surface area (Å²) < 4.78 is 0. The van der Waals surface area contributed by atoms with E-state index < -0.39 is 0 Å². The van der Waals surface area contributed by atoms with Gasteiger partial charge in [0.2, 0.25) is 0 Å². The van der Waals surface area contributed by atoms with Crippen molar-refractivity contribution in [1.29, 1.82) is 0 Å². The molecule has 0 aliphatic heterocycles. The Balaban J connectivity index is 3.08. The average Bonchev–Trinajstić information content (AvgIpc) is 1.98. The third-order valence-corrected chi connectivity index (χ3v) is 2.54. The second-order valence-corrected chi connectivity index (χ2v) is 3.23. The van der Waals surface area contributed by atoms with E-state index in [2.05, 4.69) is 34.7 Å². The highest BCUT2D eigenvalue weighted by Gasteiger charge is 1.96. The largest absolute Gasteiger partial charge is 0.107 e. The quantitative estimate of drug-likeness (QED) is 0.374. The third kappa shape index (κ3) is 6.16. The first kappa shape index (κ1) is 10.0. The van der Waals surface area contributed by atoms with Crippen LogP contribution in [-0.2, 0) is 0 Å². The third-order valence-electron chi connectivity index (χ3n) is 1.44. The van der Waals surface area contributed by atoms with E-state index in [9.17, 15) is 0 Å². The number of rotatable bonds is 4. The number of hydrogen-bond acceptors (Lipinski definition) is 0. The first-order valence-electron chi connectivity index (χ1n) is 3.76. The van der Waals surface area contributed by atoms with E-state index in [0.717, 1.165) is 17.7 Å². The van der Waals surface area contributed by atoms with Crippen LogP contribution in [0, 0.1) is 17.8 Å². The molecule has 58 valence electrons. The summed E-state index contributed by atoms with van der Waals surface area (Å²) in [5.41, 5.74) is 0. The highest BCUT2D eigenvalue weighted by molar-refractivity contribution is 9.09. The molecule has 0 aromatic carbocycles. The van der Waals surface area contributed by atoms with Crippen molar-refractivity contribution in [2.45, 2.75) is 33.1 Å². The van der Waals surface area contributed by atoms with Crippen molar-refractivity contribution in [3.8, 4) is 11.8 Å². The molecule has 0 aromatic rings. The van der Waals surface area contributed by atoms with Crippen molar-refractivity contribution in [1.82, 2.24) is 0 Å². The molecule has 1 atom stereocenters. The van der Waals surface area contributed by atoms with Gasteiger partial charge in [-0.2, -0.15) is 0 Å². The summed E-state index contributed by atoms with van der Waals surface area (Å²) in [6.07, 6.45) is 3.60. The van der Waals surface area contributed by atoms with Crippen LogP contribution < -0.4 is 0 Å². The Bertz CT molecular complexity index is 118. The molecule has 0 aliphatic carbocycles. The Morgan fingerprint density at radius 1 is 1.50 bits per heavy atom. The molecule has 0 aromatic heterocycles. The molecule has 0 spiro atoms. The maximum Gasteiger partial charge on any atom is 0.00886 e. The first-order chi connectivity index (χ1) is 4.81. The average molecular weight is 203 g/mol. The first-order valence-corrected chi connectivity index (χ1v) is 4.89. The van der Waals surface area contributed by atoms with Crippen LogP contribution in [0.1, 0.15) is 33.1 Å². The fraction of sp³-hybridized carbons (Fsp3) is 0.778. The molecule has 1 heteroatoms. The van der Waals surface area contributed by atoms with Gasteiger partial charge in [0.05, 0.1) is 0 Å². The molecule has 0 aliphatic rings. The molecule has 1 unspecified atom stereocenters. The van der Waals surface area contributed by atoms with Crippen LogP contribution in [0.5, 0.6) is 0 Å². The van der Waals surface area contributed by atoms with Gasteiger partial charge in [-0.3, -0.25) is 0 Å². The molecular formula is C9H15Br. The highest BCUT2D eigenvalue weighted by atomic mass is 79.9. The molecule has 10 heavy (non-hydrogen) atoms. The molecule has 0 N–H and O–H groups in total. The molecular weight excluding hydrogens is 188 g/mol. The normalized spacial score (nSPS) is 11.9. The lowest BCUT2D eigenvalue weighted by Gasteiger charge is -2.03. The lowest BCUT2D eigenvalue weighted by Crippen LogP contribution is -1.94. The van der Waals surface area contributed by atoms with E-state index in [0.29, 0.717) is 0 Å². The van der Waals surface area contributed by atoms with Gasteiger partial charge in [-0.1, -0.05) is 22.9 Å². The van der Waals surface area contributed by atoms with E-state index in [1.807, 2.05) is 6.92 Å². The summed E-state index contributed by atoms with van der Waals surface area (Å²) in [4.78, 5) is 0. The van der Waals surface area contributed by atoms with E-state index >= 15 is 0 Å². The molecule has 0 saturated carbocycles. The van der Waals surface area contributed by atoms with Crippen molar-refractivity contribution in [3.63, 3.8) is 0 Å². The van der Waals surface area contributed by atoms with Crippen LogP contribution in [0.3, 0.4) is 0 Å². The zero-order chi connectivity index (χ0) is 7.82. The van der Waals surface area contributed by atoms with E-state index in [1.165, 1.54) is 12.8 Å². The van der Waals surface area contributed by atoms with Gasteiger partial charge in [0, 0.05) is 11.8 Å². The van der Waals surface area contributed by atoms with Gasteiger partial charge in [-0.15, -0.1) is 11.8 Å². The summed E-state index contributed by atoms with van der Waals surface area (Å²) in [7, 11) is 0. The van der Waals surface area contributed by atoms with Gasteiger partial charge in [0.15, 0.2) is 0 Å². The summed E-state index contributed by atoms with van der Waals surface area (Å²) in [6.45, 7) is 4.15. The number of halogens is 1. The lowest BCUT2D eigenvalue weighted by atomic mass is 10.1. The Morgan fingerprint density at radius 2 is 2.20 bits per heavy atom. The van der Waals surface area contributed by atoms with E-state index in [-0.39, 0.29) is 0 Å². The minimum absolute atomic E-state index is 0.804. The Morgan fingerprint density at radius 3 is 2.70 bits per heavy atom. The highest BCUT2D eigenvalue weighted by Crippen LogP contribution is 2.09. The second-order valence-electron chi connectivity index (χ2n) is 2.58. The predicted molar refractivity (Wildman–Crippen MR) is 50.3 cm³/mol. The fourth-order valence-corrected chi connectivity index (χ4v) is 1.06. The van der Waals surface area contributed by atoms with Gasteiger partial charge in [0.25, 0.3) is 0 Å². The molecule has 0 nitrogen and oxygen atoms in total. The van der Waals surface area contributed by atoms with Gasteiger partial charge in [0.1, 0.15) is 0 Å². The van der Waals surface area contributed by atoms with Crippen molar-refractivity contribution >= 4 is 15.9 Å². The summed E-state index contributed by atoms with van der Waals surface area (Å²) >= 11 is 3.45. The van der Waals surface area contributed by atoms with Crippen molar-refractivity contribution in [2.75, 3.05) is 5.33 Å². The molecule has 0 bridgehead atoms. The maximum atomic E-state index is 3.45. The van der Waals surface area contributed by atoms with Crippen molar-refractivity contribution < 1.29 is 0 Å². The van der Waals surface area contributed by atoms with E-state index in [4.69, 9.17) is 0 Å². The molecule has 0 saturated heterocycles. The lowest BCUT2D eigenvalue weighted by molar-refractivity contribution is 0.574. The van der Waals surface area contributed by atoms with Crippen molar-refractivity contribution in [3.05, 3.63) is 0 Å². The van der Waals surface area contributed by atoms with Crippen LogP contribution in [0.15, 0.2) is 0 Å². The van der Waals surface area contributed by atoms with Gasteiger partial charge < -0.3 is 0 Å². The smallest absolute Gasteiger partial charge is 0.00886 e. The van der Waals surface area contributed by atoms with Gasteiger partial charge >= 0.3 is 0 Å². The predicted octanol–water partition coefficient (Wildman–Crippen LogP) is 3.21.